The van der Waals surface area contributed by atoms with Gasteiger partial charge in [0.1, 0.15) is 5.75 Å². The zero-order valence-corrected chi connectivity index (χ0v) is 13.7. The molecule has 1 spiro atoms. The maximum Gasteiger partial charge on any atom is 0.133 e. The Labute approximate surface area is 129 Å². The molecule has 0 amide bonds. The molecule has 0 aromatic heterocycles. The van der Waals surface area contributed by atoms with Crippen LogP contribution in [0.25, 0.3) is 0 Å². The summed E-state index contributed by atoms with van der Waals surface area (Å²) in [4.78, 5) is 2.70. The van der Waals surface area contributed by atoms with Crippen molar-refractivity contribution in [3.63, 3.8) is 0 Å². The molecule has 110 valence electrons. The molecule has 1 heterocycles. The molecule has 1 saturated carbocycles. The van der Waals surface area contributed by atoms with E-state index in [9.17, 15) is 0 Å². The van der Waals surface area contributed by atoms with Crippen molar-refractivity contribution >= 4 is 15.9 Å². The van der Waals surface area contributed by atoms with Gasteiger partial charge in [-0.15, -0.1) is 0 Å². The molecular weight excluding hydrogens is 316 g/mol. The molecule has 1 aliphatic heterocycles. The summed E-state index contributed by atoms with van der Waals surface area (Å²) >= 11 is 3.59. The molecule has 2 fully saturated rings. The quantitative estimate of drug-likeness (QED) is 0.915. The summed E-state index contributed by atoms with van der Waals surface area (Å²) in [5.41, 5.74) is 1.77. The van der Waals surface area contributed by atoms with Crippen molar-refractivity contribution in [1.82, 2.24) is 10.2 Å². The van der Waals surface area contributed by atoms with E-state index in [1.165, 1.54) is 31.2 Å². The van der Waals surface area contributed by atoms with E-state index in [0.29, 0.717) is 5.54 Å². The smallest absolute Gasteiger partial charge is 0.133 e. The molecule has 1 aromatic rings. The van der Waals surface area contributed by atoms with Crippen molar-refractivity contribution in [1.29, 1.82) is 0 Å². The van der Waals surface area contributed by atoms with Crippen LogP contribution in [-0.2, 0) is 6.54 Å². The van der Waals surface area contributed by atoms with Crippen LogP contribution in [0.3, 0.4) is 0 Å². The lowest BCUT2D eigenvalue weighted by atomic mass is 9.92. The molecule has 0 unspecified atom stereocenters. The van der Waals surface area contributed by atoms with Gasteiger partial charge in [-0.2, -0.15) is 0 Å². The third-order valence-electron chi connectivity index (χ3n) is 4.81. The Morgan fingerprint density at radius 3 is 2.85 bits per heavy atom. The van der Waals surface area contributed by atoms with Crippen molar-refractivity contribution in [2.45, 2.75) is 37.8 Å². The second-order valence-corrected chi connectivity index (χ2v) is 6.85. The number of methoxy groups -OCH3 is 1. The molecule has 1 saturated heterocycles. The third-order valence-corrected chi connectivity index (χ3v) is 5.43. The molecule has 4 heteroatoms. The highest BCUT2D eigenvalue weighted by atomic mass is 79.9. The van der Waals surface area contributed by atoms with Crippen LogP contribution in [0.15, 0.2) is 22.7 Å². The monoisotopic (exact) mass is 338 g/mol. The van der Waals surface area contributed by atoms with Gasteiger partial charge in [0.15, 0.2) is 0 Å². The standard InChI is InChI=1S/C16H23BrN2O/c1-20-15-5-4-13(10-14(15)17)11-19-9-8-18-12-16(19)6-2-3-7-16/h4-5,10,18H,2-3,6-9,11-12H2,1H3. The van der Waals surface area contributed by atoms with Gasteiger partial charge < -0.3 is 10.1 Å². The van der Waals surface area contributed by atoms with Crippen molar-refractivity contribution in [2.24, 2.45) is 0 Å². The predicted molar refractivity (Wildman–Crippen MR) is 85.2 cm³/mol. The fraction of sp³-hybridized carbons (Fsp3) is 0.625. The minimum absolute atomic E-state index is 0.407. The molecule has 1 aliphatic carbocycles. The summed E-state index contributed by atoms with van der Waals surface area (Å²) in [6, 6.07) is 6.45. The summed E-state index contributed by atoms with van der Waals surface area (Å²) in [7, 11) is 1.71. The summed E-state index contributed by atoms with van der Waals surface area (Å²) in [5.74, 6) is 0.907. The molecule has 2 aliphatic rings. The van der Waals surface area contributed by atoms with E-state index in [0.717, 1.165) is 36.4 Å². The van der Waals surface area contributed by atoms with E-state index in [2.05, 4.69) is 44.3 Å². The molecule has 20 heavy (non-hydrogen) atoms. The number of hydrogen-bond acceptors (Lipinski definition) is 3. The number of rotatable bonds is 3. The number of nitrogens with zero attached hydrogens (tertiary/aromatic N) is 1. The minimum atomic E-state index is 0.407. The molecule has 0 bridgehead atoms. The van der Waals surface area contributed by atoms with E-state index in [-0.39, 0.29) is 0 Å². The third kappa shape index (κ3) is 2.74. The Morgan fingerprint density at radius 1 is 1.35 bits per heavy atom. The maximum atomic E-state index is 5.31. The van der Waals surface area contributed by atoms with Crippen LogP contribution in [0.5, 0.6) is 5.75 Å². The van der Waals surface area contributed by atoms with Gasteiger partial charge in [0.05, 0.1) is 11.6 Å². The van der Waals surface area contributed by atoms with E-state index in [4.69, 9.17) is 4.74 Å². The zero-order chi connectivity index (χ0) is 14.0. The first-order chi connectivity index (χ1) is 9.73. The van der Waals surface area contributed by atoms with E-state index < -0.39 is 0 Å². The lowest BCUT2D eigenvalue weighted by Gasteiger charge is -2.45. The van der Waals surface area contributed by atoms with E-state index >= 15 is 0 Å². The Bertz CT molecular complexity index is 472. The van der Waals surface area contributed by atoms with Crippen LogP contribution in [0.4, 0.5) is 0 Å². The first-order valence-corrected chi connectivity index (χ1v) is 8.31. The van der Waals surface area contributed by atoms with Crippen LogP contribution in [-0.4, -0.2) is 37.2 Å². The number of halogens is 1. The molecule has 3 nitrogen and oxygen atoms in total. The lowest BCUT2D eigenvalue weighted by molar-refractivity contribution is 0.0572. The largest absolute Gasteiger partial charge is 0.496 e. The summed E-state index contributed by atoms with van der Waals surface area (Å²) < 4.78 is 6.36. The average Bonchev–Trinajstić information content (AvgIpc) is 2.91. The number of benzene rings is 1. The Kier molecular flexibility index (Phi) is 4.34. The van der Waals surface area contributed by atoms with Crippen LogP contribution in [0.1, 0.15) is 31.2 Å². The van der Waals surface area contributed by atoms with Gasteiger partial charge in [-0.05, 0) is 46.5 Å². The molecular formula is C16H23BrN2O. The molecule has 1 N–H and O–H groups in total. The molecule has 3 rings (SSSR count). The topological polar surface area (TPSA) is 24.5 Å². The summed E-state index contributed by atoms with van der Waals surface area (Å²) in [6.45, 7) is 4.47. The van der Waals surface area contributed by atoms with Gasteiger partial charge in [0.2, 0.25) is 0 Å². The highest BCUT2D eigenvalue weighted by Crippen LogP contribution is 2.37. The molecule has 0 radical (unpaired) electrons. The molecule has 1 aromatic carbocycles. The van der Waals surface area contributed by atoms with Crippen molar-refractivity contribution in [3.8, 4) is 5.75 Å². The SMILES string of the molecule is COc1ccc(CN2CCNCC23CCCC3)cc1Br. The highest BCUT2D eigenvalue weighted by Gasteiger charge is 2.40. The summed E-state index contributed by atoms with van der Waals surface area (Å²) in [5, 5.41) is 3.59. The summed E-state index contributed by atoms with van der Waals surface area (Å²) in [6.07, 6.45) is 5.45. The fourth-order valence-corrected chi connectivity index (χ4v) is 4.27. The fourth-order valence-electron chi connectivity index (χ4n) is 3.69. The van der Waals surface area contributed by atoms with Crippen molar-refractivity contribution in [3.05, 3.63) is 28.2 Å². The highest BCUT2D eigenvalue weighted by molar-refractivity contribution is 9.10. The number of piperazine rings is 1. The van der Waals surface area contributed by atoms with Gasteiger partial charge in [-0.3, -0.25) is 4.90 Å². The van der Waals surface area contributed by atoms with Gasteiger partial charge in [0.25, 0.3) is 0 Å². The van der Waals surface area contributed by atoms with Crippen LogP contribution in [0, 0.1) is 0 Å². The Balaban J connectivity index is 1.77. The van der Waals surface area contributed by atoms with Gasteiger partial charge >= 0.3 is 0 Å². The average molecular weight is 339 g/mol. The number of ether oxygens (including phenoxy) is 1. The van der Waals surface area contributed by atoms with Gasteiger partial charge in [-0.1, -0.05) is 18.9 Å². The Hall–Kier alpha value is -0.580. The normalized spacial score (nSPS) is 22.3. The second-order valence-electron chi connectivity index (χ2n) is 6.00. The predicted octanol–water partition coefficient (Wildman–Crippen LogP) is 3.18. The molecule has 0 atom stereocenters. The number of nitrogens with one attached hydrogen (secondary N) is 1. The maximum absolute atomic E-state index is 5.31. The van der Waals surface area contributed by atoms with E-state index in [1.807, 2.05) is 0 Å². The van der Waals surface area contributed by atoms with Gasteiger partial charge in [0, 0.05) is 31.7 Å². The number of hydrogen-bond donors (Lipinski definition) is 1. The van der Waals surface area contributed by atoms with Crippen molar-refractivity contribution < 1.29 is 4.74 Å². The first kappa shape index (κ1) is 14.4. The lowest BCUT2D eigenvalue weighted by Crippen LogP contribution is -2.59. The van der Waals surface area contributed by atoms with Crippen LogP contribution >= 0.6 is 15.9 Å². The van der Waals surface area contributed by atoms with Crippen LogP contribution < -0.4 is 10.1 Å². The first-order valence-electron chi connectivity index (χ1n) is 7.52. The minimum Gasteiger partial charge on any atom is -0.496 e. The van der Waals surface area contributed by atoms with E-state index in [1.54, 1.807) is 7.11 Å². The van der Waals surface area contributed by atoms with Gasteiger partial charge in [-0.25, -0.2) is 0 Å². The Morgan fingerprint density at radius 2 is 2.15 bits per heavy atom. The zero-order valence-electron chi connectivity index (χ0n) is 12.1. The second kappa shape index (κ2) is 6.04. The van der Waals surface area contributed by atoms with Crippen molar-refractivity contribution in [2.75, 3.05) is 26.7 Å². The van der Waals surface area contributed by atoms with Crippen LogP contribution in [0.2, 0.25) is 0 Å².